The van der Waals surface area contributed by atoms with Crippen molar-refractivity contribution < 1.29 is 9.53 Å². The van der Waals surface area contributed by atoms with Crippen LogP contribution in [-0.4, -0.2) is 24.4 Å². The molecule has 0 aliphatic carbocycles. The summed E-state index contributed by atoms with van der Waals surface area (Å²) in [6, 6.07) is 23.2. The van der Waals surface area contributed by atoms with Crippen LogP contribution in [0, 0.1) is 0 Å². The fourth-order valence-electron chi connectivity index (χ4n) is 2.87. The van der Waals surface area contributed by atoms with Crippen molar-refractivity contribution in [2.75, 3.05) is 19.0 Å². The van der Waals surface area contributed by atoms with Crippen LogP contribution in [0.25, 0.3) is 20.8 Å². The predicted molar refractivity (Wildman–Crippen MR) is 111 cm³/mol. The van der Waals surface area contributed by atoms with E-state index in [9.17, 15) is 4.79 Å². The molecule has 1 heterocycles. The molecule has 0 aliphatic heterocycles. The van der Waals surface area contributed by atoms with Gasteiger partial charge in [0.05, 0.1) is 23.9 Å². The molecule has 4 rings (SSSR count). The van der Waals surface area contributed by atoms with Gasteiger partial charge in [-0.3, -0.25) is 4.79 Å². The molecule has 0 bridgehead atoms. The predicted octanol–water partition coefficient (Wildman–Crippen LogP) is 5.27. The van der Waals surface area contributed by atoms with Gasteiger partial charge in [0, 0.05) is 16.8 Å². The van der Waals surface area contributed by atoms with E-state index in [0.717, 1.165) is 32.2 Å². The summed E-state index contributed by atoms with van der Waals surface area (Å²) in [6.07, 6.45) is 0. The van der Waals surface area contributed by atoms with Crippen molar-refractivity contribution in [2.24, 2.45) is 0 Å². The molecule has 0 amide bonds. The maximum atomic E-state index is 12.5. The van der Waals surface area contributed by atoms with E-state index in [1.807, 2.05) is 42.5 Å². The van der Waals surface area contributed by atoms with Gasteiger partial charge < -0.3 is 10.1 Å². The van der Waals surface area contributed by atoms with E-state index in [1.165, 1.54) is 0 Å². The van der Waals surface area contributed by atoms with Crippen molar-refractivity contribution in [1.82, 2.24) is 4.98 Å². The lowest BCUT2D eigenvalue weighted by atomic mass is 10.1. The first kappa shape index (κ1) is 17.2. The van der Waals surface area contributed by atoms with Gasteiger partial charge in [-0.05, 0) is 48.5 Å². The summed E-state index contributed by atoms with van der Waals surface area (Å²) in [5, 5.41) is 4.21. The number of nitrogens with zero attached hydrogens (tertiary/aromatic N) is 1. The van der Waals surface area contributed by atoms with Gasteiger partial charge in [-0.25, -0.2) is 4.98 Å². The average molecular weight is 374 g/mol. The molecule has 1 aromatic heterocycles. The zero-order chi connectivity index (χ0) is 18.6. The van der Waals surface area contributed by atoms with Crippen molar-refractivity contribution >= 4 is 33.0 Å². The summed E-state index contributed by atoms with van der Waals surface area (Å²) in [4.78, 5) is 17.2. The zero-order valence-electron chi connectivity index (χ0n) is 14.8. The number of hydrogen-bond acceptors (Lipinski definition) is 5. The molecular weight excluding hydrogens is 356 g/mol. The van der Waals surface area contributed by atoms with Gasteiger partial charge in [0.25, 0.3) is 0 Å². The van der Waals surface area contributed by atoms with Gasteiger partial charge in [-0.2, -0.15) is 0 Å². The number of Topliss-reactive ketones (excluding diaryl/α,β-unsaturated/α-hetero) is 1. The third kappa shape index (κ3) is 3.68. The topological polar surface area (TPSA) is 51.2 Å². The first-order valence-corrected chi connectivity index (χ1v) is 9.42. The molecule has 134 valence electrons. The highest BCUT2D eigenvalue weighted by molar-refractivity contribution is 7.21. The number of fused-ring (bicyclic) bond motifs is 1. The first-order chi connectivity index (χ1) is 13.2. The van der Waals surface area contributed by atoms with Gasteiger partial charge in [0.2, 0.25) is 0 Å². The Morgan fingerprint density at radius 1 is 1.00 bits per heavy atom. The van der Waals surface area contributed by atoms with Crippen LogP contribution in [0.15, 0.2) is 72.8 Å². The van der Waals surface area contributed by atoms with Crippen LogP contribution in [0.5, 0.6) is 5.75 Å². The molecule has 0 unspecified atom stereocenters. The molecule has 4 aromatic rings. The van der Waals surface area contributed by atoms with Gasteiger partial charge in [-0.1, -0.05) is 24.3 Å². The molecule has 3 aromatic carbocycles. The van der Waals surface area contributed by atoms with E-state index in [1.54, 1.807) is 42.7 Å². The number of carbonyl (C=O) groups excluding carboxylic acids is 1. The lowest BCUT2D eigenvalue weighted by molar-refractivity contribution is 0.101. The van der Waals surface area contributed by atoms with Crippen molar-refractivity contribution in [2.45, 2.75) is 0 Å². The number of benzene rings is 3. The number of rotatable bonds is 6. The van der Waals surface area contributed by atoms with Gasteiger partial charge in [-0.15, -0.1) is 11.3 Å². The fraction of sp³-hybridized carbons (Fsp3) is 0.0909. The highest BCUT2D eigenvalue weighted by Crippen LogP contribution is 2.34. The first-order valence-electron chi connectivity index (χ1n) is 8.61. The number of methoxy groups -OCH3 is 1. The number of aromatic nitrogens is 1. The van der Waals surface area contributed by atoms with Crippen molar-refractivity contribution in [3.8, 4) is 16.3 Å². The standard InChI is InChI=1S/C22H18N2O2S/c1-26-16-12-10-15(11-13-16)20(25)14-23-18-7-3-2-6-17(18)22-24-19-8-4-5-9-21(19)27-22/h2-13,23H,14H2,1H3. The summed E-state index contributed by atoms with van der Waals surface area (Å²) in [6.45, 7) is 0.217. The molecule has 0 radical (unpaired) electrons. The van der Waals surface area contributed by atoms with Crippen LogP contribution < -0.4 is 10.1 Å². The summed E-state index contributed by atoms with van der Waals surface area (Å²) >= 11 is 1.65. The molecule has 0 aliphatic rings. The van der Waals surface area contributed by atoms with E-state index < -0.39 is 0 Å². The average Bonchev–Trinajstić information content (AvgIpc) is 3.16. The molecule has 0 fully saturated rings. The largest absolute Gasteiger partial charge is 0.497 e. The third-order valence-electron chi connectivity index (χ3n) is 4.30. The van der Waals surface area contributed by atoms with Crippen LogP contribution >= 0.6 is 11.3 Å². The summed E-state index contributed by atoms with van der Waals surface area (Å²) in [7, 11) is 1.61. The summed E-state index contributed by atoms with van der Waals surface area (Å²) in [5.74, 6) is 0.762. The lowest BCUT2D eigenvalue weighted by Gasteiger charge is -2.10. The second kappa shape index (κ2) is 7.60. The minimum Gasteiger partial charge on any atom is -0.497 e. The Hall–Kier alpha value is -3.18. The Labute approximate surface area is 161 Å². The molecule has 5 heteroatoms. The molecule has 0 spiro atoms. The van der Waals surface area contributed by atoms with Crippen molar-refractivity contribution in [3.63, 3.8) is 0 Å². The van der Waals surface area contributed by atoms with Gasteiger partial charge in [0.1, 0.15) is 10.8 Å². The SMILES string of the molecule is COc1ccc(C(=O)CNc2ccccc2-c2nc3ccccc3s2)cc1. The maximum absolute atomic E-state index is 12.5. The molecule has 0 atom stereocenters. The summed E-state index contributed by atoms with van der Waals surface area (Å²) < 4.78 is 6.28. The van der Waals surface area contributed by atoms with E-state index in [4.69, 9.17) is 9.72 Å². The van der Waals surface area contributed by atoms with Crippen molar-refractivity contribution in [1.29, 1.82) is 0 Å². The third-order valence-corrected chi connectivity index (χ3v) is 5.37. The molecule has 0 saturated carbocycles. The highest BCUT2D eigenvalue weighted by atomic mass is 32.1. The molecule has 27 heavy (non-hydrogen) atoms. The second-order valence-corrected chi connectivity index (χ2v) is 7.07. The number of thiazole rings is 1. The van der Waals surface area contributed by atoms with E-state index in [0.29, 0.717) is 5.56 Å². The van der Waals surface area contributed by atoms with Crippen LogP contribution in [-0.2, 0) is 0 Å². The number of anilines is 1. The molecule has 1 N–H and O–H groups in total. The minimum absolute atomic E-state index is 0.0248. The Bertz CT molecular complexity index is 1050. The number of carbonyl (C=O) groups is 1. The number of nitrogens with one attached hydrogen (secondary N) is 1. The zero-order valence-corrected chi connectivity index (χ0v) is 15.6. The highest BCUT2D eigenvalue weighted by Gasteiger charge is 2.12. The van der Waals surface area contributed by atoms with Gasteiger partial charge in [0.15, 0.2) is 5.78 Å². The normalized spacial score (nSPS) is 10.7. The Morgan fingerprint density at radius 2 is 1.74 bits per heavy atom. The number of hydrogen-bond donors (Lipinski definition) is 1. The number of ketones is 1. The molecule has 0 saturated heterocycles. The van der Waals surface area contributed by atoms with E-state index in [-0.39, 0.29) is 12.3 Å². The van der Waals surface area contributed by atoms with E-state index in [2.05, 4.69) is 11.4 Å². The summed E-state index contributed by atoms with van der Waals surface area (Å²) in [5.41, 5.74) is 3.54. The van der Waals surface area contributed by atoms with Crippen LogP contribution in [0.3, 0.4) is 0 Å². The molecule has 4 nitrogen and oxygen atoms in total. The minimum atomic E-state index is 0.0248. The lowest BCUT2D eigenvalue weighted by Crippen LogP contribution is -2.14. The second-order valence-electron chi connectivity index (χ2n) is 6.04. The van der Waals surface area contributed by atoms with Crippen LogP contribution in [0.2, 0.25) is 0 Å². The Balaban J connectivity index is 1.55. The van der Waals surface area contributed by atoms with Gasteiger partial charge >= 0.3 is 0 Å². The smallest absolute Gasteiger partial charge is 0.181 e. The maximum Gasteiger partial charge on any atom is 0.181 e. The number of para-hydroxylation sites is 2. The Morgan fingerprint density at radius 3 is 2.52 bits per heavy atom. The number of ether oxygens (including phenoxy) is 1. The Kier molecular flexibility index (Phi) is 4.85. The van der Waals surface area contributed by atoms with Crippen LogP contribution in [0.1, 0.15) is 10.4 Å². The van der Waals surface area contributed by atoms with E-state index >= 15 is 0 Å². The molecular formula is C22H18N2O2S. The van der Waals surface area contributed by atoms with Crippen LogP contribution in [0.4, 0.5) is 5.69 Å². The fourth-order valence-corrected chi connectivity index (χ4v) is 3.87. The monoisotopic (exact) mass is 374 g/mol. The quantitative estimate of drug-likeness (QED) is 0.467. The van der Waals surface area contributed by atoms with Crippen molar-refractivity contribution in [3.05, 3.63) is 78.4 Å².